The van der Waals surface area contributed by atoms with Crippen molar-refractivity contribution in [1.82, 2.24) is 0 Å². The van der Waals surface area contributed by atoms with Gasteiger partial charge in [-0.15, -0.1) is 0 Å². The molecular weight excluding hydrogens is 340 g/mol. The molecule has 1 unspecified atom stereocenters. The van der Waals surface area contributed by atoms with Gasteiger partial charge in [0.05, 0.1) is 11.9 Å². The van der Waals surface area contributed by atoms with E-state index < -0.39 is 0 Å². The van der Waals surface area contributed by atoms with Gasteiger partial charge in [-0.2, -0.15) is 5.10 Å². The average molecular weight is 367 g/mol. The van der Waals surface area contributed by atoms with E-state index in [0.29, 0.717) is 0 Å². The van der Waals surface area contributed by atoms with Crippen molar-refractivity contribution < 1.29 is 0 Å². The van der Waals surface area contributed by atoms with Crippen LogP contribution in [0.1, 0.15) is 37.8 Å². The number of allylic oxidation sites excluding steroid dienone is 4. The van der Waals surface area contributed by atoms with Crippen molar-refractivity contribution >= 4 is 22.7 Å². The van der Waals surface area contributed by atoms with Crippen molar-refractivity contribution in [3.8, 4) is 0 Å². The van der Waals surface area contributed by atoms with E-state index in [4.69, 9.17) is 0 Å². The SMILES string of the molecule is CC(C)(C)C1=CC=CC1c1ccc2ccccc2c1C=NNc1ccccc1. The molecule has 0 saturated carbocycles. The summed E-state index contributed by atoms with van der Waals surface area (Å²) in [4.78, 5) is 0. The van der Waals surface area contributed by atoms with Crippen LogP contribution in [0.4, 0.5) is 5.69 Å². The molecule has 0 radical (unpaired) electrons. The molecule has 140 valence electrons. The molecule has 2 nitrogen and oxygen atoms in total. The first-order valence-corrected chi connectivity index (χ1v) is 9.79. The maximum absolute atomic E-state index is 4.56. The number of hydrogen-bond donors (Lipinski definition) is 1. The Hall–Kier alpha value is -3.13. The Balaban J connectivity index is 1.78. The zero-order chi connectivity index (χ0) is 19.6. The minimum Gasteiger partial charge on any atom is -0.279 e. The minimum absolute atomic E-state index is 0.122. The molecule has 3 aromatic carbocycles. The molecule has 0 aliphatic heterocycles. The van der Waals surface area contributed by atoms with E-state index in [1.807, 2.05) is 36.5 Å². The largest absolute Gasteiger partial charge is 0.279 e. The Morgan fingerprint density at radius 1 is 0.893 bits per heavy atom. The number of nitrogens with one attached hydrogen (secondary N) is 1. The second-order valence-electron chi connectivity index (χ2n) is 8.26. The number of hydrogen-bond acceptors (Lipinski definition) is 2. The smallest absolute Gasteiger partial charge is 0.0561 e. The molecule has 0 amide bonds. The fourth-order valence-corrected chi connectivity index (χ4v) is 3.88. The number of para-hydroxylation sites is 1. The molecule has 0 saturated heterocycles. The number of fused-ring (bicyclic) bond motifs is 1. The molecule has 1 atom stereocenters. The second-order valence-corrected chi connectivity index (χ2v) is 8.26. The van der Waals surface area contributed by atoms with Gasteiger partial charge < -0.3 is 0 Å². The van der Waals surface area contributed by atoms with E-state index >= 15 is 0 Å². The van der Waals surface area contributed by atoms with Crippen LogP contribution in [0.15, 0.2) is 95.6 Å². The monoisotopic (exact) mass is 366 g/mol. The van der Waals surface area contributed by atoms with E-state index in [9.17, 15) is 0 Å². The number of anilines is 1. The van der Waals surface area contributed by atoms with Gasteiger partial charge >= 0.3 is 0 Å². The molecule has 2 heteroatoms. The maximum Gasteiger partial charge on any atom is 0.0561 e. The normalized spacial score (nSPS) is 16.7. The summed E-state index contributed by atoms with van der Waals surface area (Å²) in [6.45, 7) is 6.85. The van der Waals surface area contributed by atoms with E-state index in [1.54, 1.807) is 0 Å². The minimum atomic E-state index is 0.122. The second kappa shape index (κ2) is 7.47. The van der Waals surface area contributed by atoms with Gasteiger partial charge in [-0.1, -0.05) is 99.2 Å². The van der Waals surface area contributed by atoms with Crippen LogP contribution in [-0.4, -0.2) is 6.21 Å². The van der Waals surface area contributed by atoms with E-state index in [1.165, 1.54) is 27.5 Å². The van der Waals surface area contributed by atoms with Gasteiger partial charge in [0.1, 0.15) is 0 Å². The van der Waals surface area contributed by atoms with Crippen LogP contribution in [0.2, 0.25) is 0 Å². The molecule has 1 aliphatic rings. The van der Waals surface area contributed by atoms with Gasteiger partial charge in [-0.3, -0.25) is 5.43 Å². The first-order valence-electron chi connectivity index (χ1n) is 9.79. The Labute approximate surface area is 167 Å². The van der Waals surface area contributed by atoms with Crippen LogP contribution in [-0.2, 0) is 0 Å². The summed E-state index contributed by atoms with van der Waals surface area (Å²) in [6.07, 6.45) is 8.72. The lowest BCUT2D eigenvalue weighted by molar-refractivity contribution is 0.483. The molecule has 4 rings (SSSR count). The van der Waals surface area contributed by atoms with Crippen LogP contribution in [0.3, 0.4) is 0 Å². The lowest BCUT2D eigenvalue weighted by Crippen LogP contribution is -2.15. The Morgan fingerprint density at radius 2 is 1.64 bits per heavy atom. The van der Waals surface area contributed by atoms with Gasteiger partial charge in [0.2, 0.25) is 0 Å². The fourth-order valence-electron chi connectivity index (χ4n) is 3.88. The third kappa shape index (κ3) is 3.63. The van der Waals surface area contributed by atoms with Crippen molar-refractivity contribution in [2.24, 2.45) is 10.5 Å². The highest BCUT2D eigenvalue weighted by atomic mass is 15.3. The van der Waals surface area contributed by atoms with Crippen LogP contribution >= 0.6 is 0 Å². The van der Waals surface area contributed by atoms with Crippen LogP contribution < -0.4 is 5.43 Å². The molecule has 1 aliphatic carbocycles. The van der Waals surface area contributed by atoms with Crippen molar-refractivity contribution in [1.29, 1.82) is 0 Å². The highest BCUT2D eigenvalue weighted by molar-refractivity contribution is 6.02. The first kappa shape index (κ1) is 18.2. The molecule has 3 aromatic rings. The molecule has 0 aromatic heterocycles. The van der Waals surface area contributed by atoms with Gasteiger partial charge in [-0.25, -0.2) is 0 Å². The molecule has 1 N–H and O–H groups in total. The molecule has 0 fully saturated rings. The van der Waals surface area contributed by atoms with E-state index in [0.717, 1.165) is 5.69 Å². The van der Waals surface area contributed by atoms with Crippen molar-refractivity contribution in [3.63, 3.8) is 0 Å². The molecule has 0 bridgehead atoms. The zero-order valence-corrected chi connectivity index (χ0v) is 16.7. The standard InChI is InChI=1S/C26H26N2/c1-26(2,3)25-15-9-14-23(25)22-17-16-19-10-7-8-13-21(19)24(22)18-27-28-20-11-5-4-6-12-20/h4-18,23,28H,1-3H3. The number of hydrazone groups is 1. The quantitative estimate of drug-likeness (QED) is 0.394. The molecule has 0 spiro atoms. The number of benzene rings is 3. The van der Waals surface area contributed by atoms with Gasteiger partial charge in [0.25, 0.3) is 0 Å². The molecule has 28 heavy (non-hydrogen) atoms. The zero-order valence-electron chi connectivity index (χ0n) is 16.7. The van der Waals surface area contributed by atoms with Gasteiger partial charge in [0.15, 0.2) is 0 Å². The van der Waals surface area contributed by atoms with Crippen LogP contribution in [0.25, 0.3) is 10.8 Å². The third-order valence-corrected chi connectivity index (χ3v) is 5.28. The fraction of sp³-hybridized carbons (Fsp3) is 0.192. The Kier molecular flexibility index (Phi) is 4.87. The van der Waals surface area contributed by atoms with Crippen molar-refractivity contribution in [2.75, 3.05) is 5.43 Å². The van der Waals surface area contributed by atoms with Crippen LogP contribution in [0, 0.1) is 5.41 Å². The molecular formula is C26H26N2. The Bertz CT molecular complexity index is 1070. The average Bonchev–Trinajstić information content (AvgIpc) is 3.19. The number of nitrogens with zero attached hydrogens (tertiary/aromatic N) is 1. The summed E-state index contributed by atoms with van der Waals surface area (Å²) in [6, 6.07) is 23.0. The first-order chi connectivity index (χ1) is 13.5. The van der Waals surface area contributed by atoms with Gasteiger partial charge in [0, 0.05) is 11.5 Å². The van der Waals surface area contributed by atoms with E-state index in [-0.39, 0.29) is 11.3 Å². The van der Waals surface area contributed by atoms with Crippen molar-refractivity contribution in [2.45, 2.75) is 26.7 Å². The summed E-state index contributed by atoms with van der Waals surface area (Å²) < 4.78 is 0. The number of rotatable bonds is 4. The highest BCUT2D eigenvalue weighted by Gasteiger charge is 2.28. The summed E-state index contributed by atoms with van der Waals surface area (Å²) >= 11 is 0. The summed E-state index contributed by atoms with van der Waals surface area (Å²) in [5.41, 5.74) is 8.17. The van der Waals surface area contributed by atoms with Gasteiger partial charge in [-0.05, 0) is 33.9 Å². The van der Waals surface area contributed by atoms with E-state index in [2.05, 4.69) is 85.9 Å². The lowest BCUT2D eigenvalue weighted by atomic mass is 9.76. The predicted molar refractivity (Wildman–Crippen MR) is 121 cm³/mol. The maximum atomic E-state index is 4.56. The van der Waals surface area contributed by atoms with Crippen molar-refractivity contribution in [3.05, 3.63) is 102 Å². The molecule has 0 heterocycles. The Morgan fingerprint density at radius 3 is 2.43 bits per heavy atom. The topological polar surface area (TPSA) is 24.4 Å². The summed E-state index contributed by atoms with van der Waals surface area (Å²) in [7, 11) is 0. The predicted octanol–water partition coefficient (Wildman–Crippen LogP) is 6.91. The third-order valence-electron chi connectivity index (χ3n) is 5.28. The van der Waals surface area contributed by atoms with Crippen LogP contribution in [0.5, 0.6) is 0 Å². The summed E-state index contributed by atoms with van der Waals surface area (Å²) in [5, 5.41) is 7.02. The highest BCUT2D eigenvalue weighted by Crippen LogP contribution is 2.43. The summed E-state index contributed by atoms with van der Waals surface area (Å²) in [5.74, 6) is 0.280. The lowest BCUT2D eigenvalue weighted by Gasteiger charge is -2.28.